The van der Waals surface area contributed by atoms with Crippen molar-refractivity contribution in [2.45, 2.75) is 26.7 Å². The van der Waals surface area contributed by atoms with Crippen LogP contribution in [-0.4, -0.2) is 48.6 Å². The van der Waals surface area contributed by atoms with Gasteiger partial charge in [0.05, 0.1) is 0 Å². The molecule has 1 unspecified atom stereocenters. The van der Waals surface area contributed by atoms with Crippen LogP contribution in [0.25, 0.3) is 0 Å². The number of rotatable bonds is 4. The summed E-state index contributed by atoms with van der Waals surface area (Å²) in [5, 5.41) is 0.581. The fourth-order valence-electron chi connectivity index (χ4n) is 2.70. The fourth-order valence-corrected chi connectivity index (χ4v) is 2.88. The highest BCUT2D eigenvalue weighted by Gasteiger charge is 2.22. The largest absolute Gasteiger partial charge is 0.359 e. The molecule has 0 N–H and O–H groups in total. The van der Waals surface area contributed by atoms with Crippen molar-refractivity contribution >= 4 is 17.4 Å². The van der Waals surface area contributed by atoms with Gasteiger partial charge in [-0.15, -0.1) is 0 Å². The van der Waals surface area contributed by atoms with E-state index in [1.807, 2.05) is 6.92 Å². The van der Waals surface area contributed by atoms with Gasteiger partial charge in [0.25, 0.3) is 0 Å². The molecule has 1 atom stereocenters. The SMILES string of the molecule is CCc1nc(Cl)c(C)c(N(C)CC2CCN(C)C2)n1. The Morgan fingerprint density at radius 2 is 2.16 bits per heavy atom. The summed E-state index contributed by atoms with van der Waals surface area (Å²) < 4.78 is 0. The zero-order chi connectivity index (χ0) is 14.0. The van der Waals surface area contributed by atoms with E-state index in [4.69, 9.17) is 11.6 Å². The van der Waals surface area contributed by atoms with Crippen LogP contribution < -0.4 is 4.90 Å². The van der Waals surface area contributed by atoms with Gasteiger partial charge in [0, 0.05) is 32.1 Å². The van der Waals surface area contributed by atoms with Crippen molar-refractivity contribution < 1.29 is 0 Å². The Morgan fingerprint density at radius 1 is 1.42 bits per heavy atom. The Balaban J connectivity index is 2.14. The molecule has 1 aromatic rings. The Kier molecular flexibility index (Phi) is 4.63. The molecule has 1 aromatic heterocycles. The van der Waals surface area contributed by atoms with Gasteiger partial charge in [-0.25, -0.2) is 9.97 Å². The molecule has 0 saturated carbocycles. The molecule has 1 saturated heterocycles. The molecule has 106 valence electrons. The van der Waals surface area contributed by atoms with Crippen LogP contribution >= 0.6 is 11.6 Å². The summed E-state index contributed by atoms with van der Waals surface area (Å²) in [7, 11) is 4.28. The van der Waals surface area contributed by atoms with E-state index in [0.29, 0.717) is 11.1 Å². The molecule has 19 heavy (non-hydrogen) atoms. The molecule has 4 nitrogen and oxygen atoms in total. The Bertz CT molecular complexity index is 449. The molecular weight excluding hydrogens is 260 g/mol. The van der Waals surface area contributed by atoms with Crippen molar-refractivity contribution in [2.24, 2.45) is 5.92 Å². The molecule has 0 aromatic carbocycles. The van der Waals surface area contributed by atoms with Gasteiger partial charge in [0.2, 0.25) is 0 Å². The van der Waals surface area contributed by atoms with Crippen LogP contribution in [0, 0.1) is 12.8 Å². The molecule has 0 aliphatic carbocycles. The third kappa shape index (κ3) is 3.37. The number of likely N-dealkylation sites (tertiary alicyclic amines) is 1. The molecule has 1 aliphatic rings. The lowest BCUT2D eigenvalue weighted by Gasteiger charge is -2.24. The van der Waals surface area contributed by atoms with Crippen molar-refractivity contribution in [1.29, 1.82) is 0 Å². The molecule has 5 heteroatoms. The quantitative estimate of drug-likeness (QED) is 0.794. The van der Waals surface area contributed by atoms with E-state index >= 15 is 0 Å². The lowest BCUT2D eigenvalue weighted by molar-refractivity contribution is 0.395. The van der Waals surface area contributed by atoms with Gasteiger partial charge >= 0.3 is 0 Å². The summed E-state index contributed by atoms with van der Waals surface area (Å²) in [6, 6.07) is 0. The van der Waals surface area contributed by atoms with Crippen molar-refractivity contribution in [3.05, 3.63) is 16.5 Å². The van der Waals surface area contributed by atoms with Crippen molar-refractivity contribution in [1.82, 2.24) is 14.9 Å². The maximum absolute atomic E-state index is 6.20. The van der Waals surface area contributed by atoms with Crippen molar-refractivity contribution in [3.63, 3.8) is 0 Å². The molecule has 2 heterocycles. The van der Waals surface area contributed by atoms with E-state index in [-0.39, 0.29) is 0 Å². The minimum absolute atomic E-state index is 0.581. The van der Waals surface area contributed by atoms with Crippen molar-refractivity contribution in [3.8, 4) is 0 Å². The standard InChI is InChI=1S/C14H23ClN4/c1-5-12-16-13(15)10(2)14(17-12)19(4)9-11-6-7-18(3)8-11/h11H,5-9H2,1-4H3. The zero-order valence-electron chi connectivity index (χ0n) is 12.3. The van der Waals surface area contributed by atoms with Crippen LogP contribution in [0.5, 0.6) is 0 Å². The monoisotopic (exact) mass is 282 g/mol. The molecule has 1 aliphatic heterocycles. The number of hydrogen-bond acceptors (Lipinski definition) is 4. The Hall–Kier alpha value is -0.870. The van der Waals surface area contributed by atoms with Gasteiger partial charge in [-0.2, -0.15) is 0 Å². The van der Waals surface area contributed by atoms with Gasteiger partial charge in [-0.05, 0) is 32.9 Å². The molecule has 2 rings (SSSR count). The second-order valence-corrected chi connectivity index (χ2v) is 5.89. The average molecular weight is 283 g/mol. The topological polar surface area (TPSA) is 32.3 Å². The smallest absolute Gasteiger partial charge is 0.137 e. The maximum atomic E-state index is 6.20. The highest BCUT2D eigenvalue weighted by atomic mass is 35.5. The van der Waals surface area contributed by atoms with Crippen LogP contribution in [0.15, 0.2) is 0 Å². The highest BCUT2D eigenvalue weighted by molar-refractivity contribution is 6.30. The predicted octanol–water partition coefficient (Wildman–Crippen LogP) is 2.39. The number of hydrogen-bond donors (Lipinski definition) is 0. The molecule has 0 spiro atoms. The van der Waals surface area contributed by atoms with E-state index in [0.717, 1.165) is 30.2 Å². The van der Waals surface area contributed by atoms with E-state index < -0.39 is 0 Å². The number of aromatic nitrogens is 2. The van der Waals surface area contributed by atoms with Gasteiger partial charge < -0.3 is 9.80 Å². The van der Waals surface area contributed by atoms with Gasteiger partial charge in [0.15, 0.2) is 0 Å². The summed E-state index contributed by atoms with van der Waals surface area (Å²) in [5.74, 6) is 2.51. The number of anilines is 1. The lowest BCUT2D eigenvalue weighted by Crippen LogP contribution is -2.29. The van der Waals surface area contributed by atoms with E-state index in [1.54, 1.807) is 0 Å². The number of aryl methyl sites for hydroxylation is 1. The molecular formula is C14H23ClN4. The second-order valence-electron chi connectivity index (χ2n) is 5.53. The summed E-state index contributed by atoms with van der Waals surface area (Å²) in [4.78, 5) is 13.5. The van der Waals surface area contributed by atoms with E-state index in [2.05, 4.69) is 40.8 Å². The van der Waals surface area contributed by atoms with Crippen molar-refractivity contribution in [2.75, 3.05) is 38.6 Å². The maximum Gasteiger partial charge on any atom is 0.137 e. The lowest BCUT2D eigenvalue weighted by atomic mass is 10.1. The summed E-state index contributed by atoms with van der Waals surface area (Å²) in [5.41, 5.74) is 0.979. The minimum atomic E-state index is 0.581. The highest BCUT2D eigenvalue weighted by Crippen LogP contribution is 2.25. The first-order valence-corrected chi connectivity index (χ1v) is 7.31. The minimum Gasteiger partial charge on any atom is -0.359 e. The van der Waals surface area contributed by atoms with Gasteiger partial charge in [0.1, 0.15) is 16.8 Å². The third-order valence-corrected chi connectivity index (χ3v) is 4.17. The molecule has 0 bridgehead atoms. The summed E-state index contributed by atoms with van der Waals surface area (Å²) in [6.45, 7) is 7.44. The zero-order valence-corrected chi connectivity index (χ0v) is 13.0. The number of nitrogens with zero attached hydrogens (tertiary/aromatic N) is 4. The van der Waals surface area contributed by atoms with Crippen LogP contribution in [0.1, 0.15) is 24.7 Å². The first-order chi connectivity index (χ1) is 9.01. The van der Waals surface area contributed by atoms with Crippen LogP contribution in [0.2, 0.25) is 5.15 Å². The Labute approximate surface area is 120 Å². The number of halogens is 1. The van der Waals surface area contributed by atoms with E-state index in [9.17, 15) is 0 Å². The van der Waals surface area contributed by atoms with E-state index in [1.165, 1.54) is 19.5 Å². The first-order valence-electron chi connectivity index (χ1n) is 6.94. The van der Waals surface area contributed by atoms with Crippen LogP contribution in [-0.2, 0) is 6.42 Å². The first kappa shape index (κ1) is 14.5. The predicted molar refractivity (Wildman–Crippen MR) is 80.0 cm³/mol. The third-order valence-electron chi connectivity index (χ3n) is 3.81. The van der Waals surface area contributed by atoms with Gasteiger partial charge in [-0.3, -0.25) is 0 Å². The summed E-state index contributed by atoms with van der Waals surface area (Å²) in [6.07, 6.45) is 2.08. The van der Waals surface area contributed by atoms with Gasteiger partial charge in [-0.1, -0.05) is 18.5 Å². The average Bonchev–Trinajstić information content (AvgIpc) is 2.77. The fraction of sp³-hybridized carbons (Fsp3) is 0.714. The summed E-state index contributed by atoms with van der Waals surface area (Å²) >= 11 is 6.20. The molecule has 0 amide bonds. The van der Waals surface area contributed by atoms with Crippen LogP contribution in [0.3, 0.4) is 0 Å². The molecule has 1 fully saturated rings. The Morgan fingerprint density at radius 3 is 2.74 bits per heavy atom. The normalized spacial score (nSPS) is 19.9. The second kappa shape index (κ2) is 6.06. The van der Waals surface area contributed by atoms with Crippen LogP contribution in [0.4, 0.5) is 5.82 Å². The molecule has 0 radical (unpaired) electrons.